The molecule has 50 heavy (non-hydrogen) atoms. The van der Waals surface area contributed by atoms with Crippen molar-refractivity contribution in [3.8, 4) is 11.1 Å². The normalized spacial score (nSPS) is 14.1. The van der Waals surface area contributed by atoms with Crippen molar-refractivity contribution in [2.45, 2.75) is 63.1 Å². The van der Waals surface area contributed by atoms with E-state index < -0.39 is 42.0 Å². The van der Waals surface area contributed by atoms with Gasteiger partial charge in [-0.2, -0.15) is 0 Å². The van der Waals surface area contributed by atoms with Crippen LogP contribution in [-0.2, 0) is 30.3 Å². The minimum absolute atomic E-state index is 0.0943. The molecular formula is C40H47N3O7. The molecule has 3 amide bonds. The summed E-state index contributed by atoms with van der Waals surface area (Å²) in [6.07, 6.45) is 3.65. The first-order valence-corrected chi connectivity index (χ1v) is 17.0. The highest BCUT2D eigenvalue weighted by molar-refractivity contribution is 5.86. The van der Waals surface area contributed by atoms with Crippen LogP contribution in [0.2, 0.25) is 0 Å². The van der Waals surface area contributed by atoms with Crippen molar-refractivity contribution in [3.05, 3.63) is 121 Å². The minimum Gasteiger partial charge on any atom is -0.462 e. The monoisotopic (exact) mass is 681 g/mol. The molecule has 0 spiro atoms. The fourth-order valence-electron chi connectivity index (χ4n) is 6.06. The van der Waals surface area contributed by atoms with E-state index in [1.165, 1.54) is 0 Å². The second-order valence-electron chi connectivity index (χ2n) is 12.5. The number of amides is 3. The Bertz CT molecular complexity index is 1580. The molecule has 264 valence electrons. The molecule has 10 heteroatoms. The van der Waals surface area contributed by atoms with Gasteiger partial charge in [0, 0.05) is 18.4 Å². The van der Waals surface area contributed by atoms with Crippen molar-refractivity contribution in [3.63, 3.8) is 0 Å². The number of fused-ring (bicyclic) bond motifs is 3. The van der Waals surface area contributed by atoms with E-state index in [2.05, 4.69) is 41.2 Å². The number of ether oxygens (including phenoxy) is 2. The molecule has 1 aliphatic carbocycles. The Morgan fingerprint density at radius 3 is 2.10 bits per heavy atom. The predicted molar refractivity (Wildman–Crippen MR) is 192 cm³/mol. The van der Waals surface area contributed by atoms with Crippen LogP contribution in [-0.4, -0.2) is 66.9 Å². The zero-order valence-electron chi connectivity index (χ0n) is 28.5. The molecule has 4 atom stereocenters. The molecule has 10 nitrogen and oxygen atoms in total. The molecule has 0 fully saturated rings. The lowest BCUT2D eigenvalue weighted by molar-refractivity contribution is -0.147. The van der Waals surface area contributed by atoms with Crippen LogP contribution in [0.15, 0.2) is 104 Å². The maximum atomic E-state index is 13.4. The maximum Gasteiger partial charge on any atom is 0.407 e. The molecule has 3 aromatic carbocycles. The zero-order valence-corrected chi connectivity index (χ0v) is 28.5. The van der Waals surface area contributed by atoms with Gasteiger partial charge in [0.25, 0.3) is 0 Å². The first-order valence-electron chi connectivity index (χ1n) is 17.0. The number of carbonyl (C=O) groups excluding carboxylic acids is 4. The van der Waals surface area contributed by atoms with Crippen molar-refractivity contribution in [1.29, 1.82) is 0 Å². The molecule has 3 aromatic rings. The van der Waals surface area contributed by atoms with Crippen LogP contribution in [0.5, 0.6) is 0 Å². The molecule has 0 aromatic heterocycles. The van der Waals surface area contributed by atoms with Gasteiger partial charge < -0.3 is 30.5 Å². The summed E-state index contributed by atoms with van der Waals surface area (Å²) in [6, 6.07) is 23.4. The largest absolute Gasteiger partial charge is 0.462 e. The lowest BCUT2D eigenvalue weighted by Crippen LogP contribution is -2.47. The van der Waals surface area contributed by atoms with E-state index in [-0.39, 0.29) is 50.9 Å². The second-order valence-corrected chi connectivity index (χ2v) is 12.5. The molecule has 0 bridgehead atoms. The summed E-state index contributed by atoms with van der Waals surface area (Å²) in [6.45, 7) is 8.82. The maximum absolute atomic E-state index is 13.4. The van der Waals surface area contributed by atoms with Gasteiger partial charge in [-0.15, -0.1) is 13.2 Å². The van der Waals surface area contributed by atoms with Gasteiger partial charge >= 0.3 is 12.1 Å². The highest BCUT2D eigenvalue weighted by atomic mass is 16.6. The van der Waals surface area contributed by atoms with Gasteiger partial charge in [-0.05, 0) is 60.4 Å². The highest BCUT2D eigenvalue weighted by Gasteiger charge is 2.31. The number of nitrogens with one attached hydrogen (secondary N) is 3. The summed E-state index contributed by atoms with van der Waals surface area (Å²) in [5.74, 6) is -2.30. The Morgan fingerprint density at radius 1 is 0.840 bits per heavy atom. The third-order valence-electron chi connectivity index (χ3n) is 8.61. The quantitative estimate of drug-likeness (QED) is 0.101. The Labute approximate surface area is 294 Å². The number of benzene rings is 3. The van der Waals surface area contributed by atoms with Crippen LogP contribution >= 0.6 is 0 Å². The average Bonchev–Trinajstić information content (AvgIpc) is 3.44. The number of hydrogen-bond donors (Lipinski definition) is 4. The smallest absolute Gasteiger partial charge is 0.407 e. The number of esters is 1. The molecule has 4 rings (SSSR count). The van der Waals surface area contributed by atoms with E-state index in [0.717, 1.165) is 27.8 Å². The van der Waals surface area contributed by atoms with Crippen LogP contribution < -0.4 is 16.0 Å². The predicted octanol–water partition coefficient (Wildman–Crippen LogP) is 5.21. The summed E-state index contributed by atoms with van der Waals surface area (Å²) < 4.78 is 11.4. The summed E-state index contributed by atoms with van der Waals surface area (Å²) in [5.41, 5.74) is 5.27. The van der Waals surface area contributed by atoms with Crippen LogP contribution in [0.4, 0.5) is 4.79 Å². The number of aliphatic hydroxyl groups excluding tert-OH is 1. The first-order chi connectivity index (χ1) is 24.2. The van der Waals surface area contributed by atoms with Crippen LogP contribution in [0.1, 0.15) is 55.2 Å². The highest BCUT2D eigenvalue weighted by Crippen LogP contribution is 2.44. The number of rotatable bonds is 19. The Kier molecular flexibility index (Phi) is 14.4. The molecule has 1 aliphatic rings. The van der Waals surface area contributed by atoms with Crippen molar-refractivity contribution in [2.24, 2.45) is 5.92 Å². The minimum atomic E-state index is -1.01. The van der Waals surface area contributed by atoms with E-state index in [1.807, 2.05) is 66.7 Å². The number of aliphatic hydroxyl groups is 1. The van der Waals surface area contributed by atoms with Gasteiger partial charge in [-0.25, -0.2) is 9.59 Å². The Hall–Kier alpha value is -5.22. The molecule has 0 radical (unpaired) electrons. The average molecular weight is 682 g/mol. The summed E-state index contributed by atoms with van der Waals surface area (Å²) in [7, 11) is 0. The van der Waals surface area contributed by atoms with E-state index in [4.69, 9.17) is 9.47 Å². The lowest BCUT2D eigenvalue weighted by atomic mass is 9.98. The van der Waals surface area contributed by atoms with Crippen LogP contribution in [0.25, 0.3) is 11.1 Å². The Balaban J connectivity index is 1.39. The van der Waals surface area contributed by atoms with Gasteiger partial charge in [0.15, 0.2) is 0 Å². The third kappa shape index (κ3) is 10.6. The standard InChI is InChI=1S/C40H47N3O7/c1-4-6-21-36(43-40(48)50-26-35-33-19-12-10-17-31(33)32-18-11-13-20-34(32)35)39(47)49-25-30(22-28-15-8-7-9-16-28)42-38(46)29(14-5-2)23-37(45)41-27(3)24-44/h4-5,7-13,15-20,27,29-30,35-36,44H,1-2,6,14,21-26H2,3H3,(H,41,45)(H,42,46)(H,43,48)/t27-,29+,30-,36-/m0/s1. The zero-order chi connectivity index (χ0) is 35.9. The number of carbonyl (C=O) groups is 4. The molecule has 0 unspecified atom stereocenters. The molecule has 0 saturated carbocycles. The van der Waals surface area contributed by atoms with E-state index in [0.29, 0.717) is 12.8 Å². The fraction of sp³-hybridized carbons (Fsp3) is 0.350. The van der Waals surface area contributed by atoms with Gasteiger partial charge in [-0.1, -0.05) is 91.0 Å². The van der Waals surface area contributed by atoms with Crippen LogP contribution in [0.3, 0.4) is 0 Å². The number of allylic oxidation sites excluding steroid dienone is 2. The molecular weight excluding hydrogens is 634 g/mol. The number of hydrogen-bond acceptors (Lipinski definition) is 7. The molecule has 4 N–H and O–H groups in total. The molecule has 0 heterocycles. The van der Waals surface area contributed by atoms with E-state index in [9.17, 15) is 24.3 Å². The van der Waals surface area contributed by atoms with Gasteiger partial charge in [-0.3, -0.25) is 9.59 Å². The van der Waals surface area contributed by atoms with Gasteiger partial charge in [0.1, 0.15) is 19.3 Å². The summed E-state index contributed by atoms with van der Waals surface area (Å²) in [5, 5.41) is 17.6. The van der Waals surface area contributed by atoms with E-state index >= 15 is 0 Å². The van der Waals surface area contributed by atoms with Gasteiger partial charge in [0.2, 0.25) is 11.8 Å². The topological polar surface area (TPSA) is 143 Å². The summed E-state index contributed by atoms with van der Waals surface area (Å²) >= 11 is 0. The van der Waals surface area contributed by atoms with Crippen LogP contribution in [0, 0.1) is 5.92 Å². The summed E-state index contributed by atoms with van der Waals surface area (Å²) in [4.78, 5) is 52.4. The van der Waals surface area contributed by atoms with E-state index in [1.54, 1.807) is 19.1 Å². The lowest BCUT2D eigenvalue weighted by Gasteiger charge is -2.24. The first kappa shape index (κ1) is 37.6. The van der Waals surface area contributed by atoms with Crippen molar-refractivity contribution in [1.82, 2.24) is 16.0 Å². The molecule has 0 aliphatic heterocycles. The van der Waals surface area contributed by atoms with Crippen molar-refractivity contribution < 1.29 is 33.8 Å². The SMILES string of the molecule is C=CCC[C@H](NC(=O)OCC1c2ccccc2-c2ccccc21)C(=O)OC[C@H](Cc1ccccc1)NC(=O)[C@H](CC=C)CC(=O)N[C@@H](C)CO. The van der Waals surface area contributed by atoms with Gasteiger partial charge in [0.05, 0.1) is 18.6 Å². The third-order valence-corrected chi connectivity index (χ3v) is 8.61. The molecule has 0 saturated heterocycles. The van der Waals surface area contributed by atoms with Crippen molar-refractivity contribution in [2.75, 3.05) is 19.8 Å². The van der Waals surface area contributed by atoms with Crippen molar-refractivity contribution >= 4 is 23.9 Å². The number of alkyl carbamates (subject to hydrolysis) is 1. The Morgan fingerprint density at radius 2 is 1.48 bits per heavy atom. The second kappa shape index (κ2) is 19.1. The fourth-order valence-corrected chi connectivity index (χ4v) is 6.06.